The van der Waals surface area contributed by atoms with Crippen molar-refractivity contribution < 1.29 is 31.6 Å². The third kappa shape index (κ3) is 7.92. The van der Waals surface area contributed by atoms with Crippen LogP contribution in [0.5, 0.6) is 11.5 Å². The SMILES string of the molecule is CC(=O)/C(=C/c1ccccc1)Oc1ccccc1OCC[NH+](C(C)C)C(C)C.[Cl-]. The average molecular weight is 418 g/mol. The van der Waals surface area contributed by atoms with Gasteiger partial charge < -0.3 is 26.8 Å². The molecule has 0 saturated heterocycles. The quantitative estimate of drug-likeness (QED) is 0.459. The lowest BCUT2D eigenvalue weighted by molar-refractivity contribution is -0.942. The first-order valence-corrected chi connectivity index (χ1v) is 9.91. The van der Waals surface area contributed by atoms with Crippen LogP contribution in [-0.4, -0.2) is 31.0 Å². The fourth-order valence-electron chi connectivity index (χ4n) is 3.20. The number of quaternary nitrogens is 1. The van der Waals surface area contributed by atoms with Crippen LogP contribution in [0.15, 0.2) is 60.4 Å². The van der Waals surface area contributed by atoms with Gasteiger partial charge >= 0.3 is 0 Å². The lowest BCUT2D eigenvalue weighted by Gasteiger charge is -2.27. The number of hydrogen-bond donors (Lipinski definition) is 1. The predicted octanol–water partition coefficient (Wildman–Crippen LogP) is 0.780. The molecule has 2 aromatic rings. The Kier molecular flexibility index (Phi) is 10.5. The van der Waals surface area contributed by atoms with Gasteiger partial charge in [-0.2, -0.15) is 0 Å². The van der Waals surface area contributed by atoms with E-state index in [1.807, 2.05) is 54.6 Å². The van der Waals surface area contributed by atoms with Gasteiger partial charge in [-0.05, 0) is 51.5 Å². The smallest absolute Gasteiger partial charge is 0.194 e. The van der Waals surface area contributed by atoms with E-state index < -0.39 is 0 Å². The minimum atomic E-state index is -0.131. The van der Waals surface area contributed by atoms with Crippen LogP contribution in [0, 0.1) is 0 Å². The second kappa shape index (κ2) is 12.3. The molecule has 158 valence electrons. The van der Waals surface area contributed by atoms with Gasteiger partial charge in [0.2, 0.25) is 0 Å². The Morgan fingerprint density at radius 2 is 1.48 bits per heavy atom. The molecular weight excluding hydrogens is 386 g/mol. The van der Waals surface area contributed by atoms with Gasteiger partial charge in [-0.15, -0.1) is 0 Å². The van der Waals surface area contributed by atoms with Crippen molar-refractivity contribution in [3.05, 3.63) is 65.9 Å². The van der Waals surface area contributed by atoms with Crippen molar-refractivity contribution in [2.24, 2.45) is 0 Å². The van der Waals surface area contributed by atoms with E-state index in [4.69, 9.17) is 9.47 Å². The van der Waals surface area contributed by atoms with E-state index in [1.54, 1.807) is 6.08 Å². The molecule has 0 aliphatic carbocycles. The summed E-state index contributed by atoms with van der Waals surface area (Å²) in [5.74, 6) is 1.36. The minimum absolute atomic E-state index is 0. The monoisotopic (exact) mass is 417 g/mol. The number of carbonyl (C=O) groups excluding carboxylic acids is 1. The summed E-state index contributed by atoms with van der Waals surface area (Å²) in [7, 11) is 0. The van der Waals surface area contributed by atoms with Gasteiger partial charge in [-0.25, -0.2) is 0 Å². The first-order valence-electron chi connectivity index (χ1n) is 9.91. The van der Waals surface area contributed by atoms with Crippen LogP contribution < -0.4 is 26.8 Å². The molecule has 0 aliphatic heterocycles. The normalized spacial score (nSPS) is 11.5. The van der Waals surface area contributed by atoms with Crippen LogP contribution in [0.1, 0.15) is 40.2 Å². The summed E-state index contributed by atoms with van der Waals surface area (Å²) in [6.45, 7) is 11.9. The zero-order valence-electron chi connectivity index (χ0n) is 17.9. The summed E-state index contributed by atoms with van der Waals surface area (Å²) < 4.78 is 12.0. The van der Waals surface area contributed by atoms with Gasteiger partial charge in [0.05, 0.1) is 12.1 Å². The highest BCUT2D eigenvalue weighted by Gasteiger charge is 2.17. The molecule has 0 atom stereocenters. The van der Waals surface area contributed by atoms with Crippen molar-refractivity contribution in [3.63, 3.8) is 0 Å². The molecule has 1 N–H and O–H groups in total. The number of halogens is 1. The molecule has 0 radical (unpaired) electrons. The number of ketones is 1. The zero-order valence-corrected chi connectivity index (χ0v) is 18.7. The first kappa shape index (κ1) is 24.7. The third-order valence-electron chi connectivity index (χ3n) is 4.64. The molecule has 2 rings (SSSR count). The molecule has 0 heterocycles. The summed E-state index contributed by atoms with van der Waals surface area (Å²) in [5.41, 5.74) is 0.916. The van der Waals surface area contributed by atoms with E-state index in [0.717, 1.165) is 12.1 Å². The van der Waals surface area contributed by atoms with Gasteiger partial charge in [0.15, 0.2) is 23.0 Å². The molecule has 0 bridgehead atoms. The van der Waals surface area contributed by atoms with Crippen molar-refractivity contribution in [3.8, 4) is 11.5 Å². The van der Waals surface area contributed by atoms with Crippen LogP contribution >= 0.6 is 0 Å². The molecule has 2 aromatic carbocycles. The molecular formula is C24H32ClNO3. The van der Waals surface area contributed by atoms with Crippen LogP contribution in [0.25, 0.3) is 6.08 Å². The number of para-hydroxylation sites is 2. The fourth-order valence-corrected chi connectivity index (χ4v) is 3.20. The van der Waals surface area contributed by atoms with Crippen molar-refractivity contribution >= 4 is 11.9 Å². The summed E-state index contributed by atoms with van der Waals surface area (Å²) in [5, 5.41) is 0. The first-order chi connectivity index (χ1) is 13.4. The minimum Gasteiger partial charge on any atom is -1.00 e. The highest BCUT2D eigenvalue weighted by Crippen LogP contribution is 2.28. The molecule has 5 heteroatoms. The van der Waals surface area contributed by atoms with E-state index in [-0.39, 0.29) is 18.2 Å². The molecule has 0 spiro atoms. The largest absolute Gasteiger partial charge is 1.00 e. The lowest BCUT2D eigenvalue weighted by Crippen LogP contribution is -3.18. The van der Waals surface area contributed by atoms with Crippen molar-refractivity contribution in [1.82, 2.24) is 0 Å². The second-order valence-corrected chi connectivity index (χ2v) is 7.51. The Morgan fingerprint density at radius 1 is 0.931 bits per heavy atom. The standard InChI is InChI=1S/C24H31NO3.ClH/c1-18(2)25(19(3)4)15-16-27-22-13-9-10-14-23(22)28-24(20(5)26)17-21-11-7-6-8-12-21;/h6-14,17-19H,15-16H2,1-5H3;1H/b24-17-;. The van der Waals surface area contributed by atoms with Crippen molar-refractivity contribution in [2.45, 2.75) is 46.7 Å². The van der Waals surface area contributed by atoms with Crippen LogP contribution in [-0.2, 0) is 4.79 Å². The Morgan fingerprint density at radius 3 is 2.03 bits per heavy atom. The van der Waals surface area contributed by atoms with E-state index >= 15 is 0 Å². The molecule has 0 amide bonds. The molecule has 4 nitrogen and oxygen atoms in total. The molecule has 0 aromatic heterocycles. The lowest BCUT2D eigenvalue weighted by atomic mass is 10.2. The van der Waals surface area contributed by atoms with Crippen LogP contribution in [0.4, 0.5) is 0 Å². The summed E-state index contributed by atoms with van der Waals surface area (Å²) in [4.78, 5) is 13.6. The highest BCUT2D eigenvalue weighted by molar-refractivity contribution is 5.96. The number of ether oxygens (including phenoxy) is 2. The van der Waals surface area contributed by atoms with Gasteiger partial charge in [-0.3, -0.25) is 4.79 Å². The molecule has 0 unspecified atom stereocenters. The number of hydrogen-bond acceptors (Lipinski definition) is 3. The Balaban J connectivity index is 0.00000420. The van der Waals surface area contributed by atoms with Crippen molar-refractivity contribution in [2.75, 3.05) is 13.2 Å². The maximum atomic E-state index is 12.1. The summed E-state index contributed by atoms with van der Waals surface area (Å²) in [6, 6.07) is 18.2. The molecule has 0 fully saturated rings. The van der Waals surface area contributed by atoms with E-state index in [9.17, 15) is 4.79 Å². The van der Waals surface area contributed by atoms with Gasteiger partial charge in [0.25, 0.3) is 0 Å². The Labute approximate surface area is 180 Å². The average Bonchev–Trinajstić information content (AvgIpc) is 2.66. The summed E-state index contributed by atoms with van der Waals surface area (Å²) >= 11 is 0. The number of rotatable bonds is 10. The number of benzene rings is 2. The fraction of sp³-hybridized carbons (Fsp3) is 0.375. The molecule has 0 saturated carbocycles. The second-order valence-electron chi connectivity index (χ2n) is 7.51. The Hall–Kier alpha value is -2.30. The van der Waals surface area contributed by atoms with Crippen LogP contribution in [0.2, 0.25) is 0 Å². The molecule has 0 aliphatic rings. The Bertz CT molecular complexity index is 780. The van der Waals surface area contributed by atoms with Gasteiger partial charge in [-0.1, -0.05) is 42.5 Å². The number of carbonyl (C=O) groups is 1. The summed E-state index contributed by atoms with van der Waals surface area (Å²) in [6.07, 6.45) is 1.75. The van der Waals surface area contributed by atoms with Gasteiger partial charge in [0.1, 0.15) is 13.2 Å². The van der Waals surface area contributed by atoms with Gasteiger partial charge in [0, 0.05) is 6.92 Å². The van der Waals surface area contributed by atoms with E-state index in [0.29, 0.717) is 35.9 Å². The van der Waals surface area contributed by atoms with E-state index in [1.165, 1.54) is 11.8 Å². The third-order valence-corrected chi connectivity index (χ3v) is 4.64. The maximum absolute atomic E-state index is 12.1. The van der Waals surface area contributed by atoms with Crippen molar-refractivity contribution in [1.29, 1.82) is 0 Å². The molecule has 29 heavy (non-hydrogen) atoms. The highest BCUT2D eigenvalue weighted by atomic mass is 35.5. The number of nitrogens with one attached hydrogen (secondary N) is 1. The maximum Gasteiger partial charge on any atom is 0.194 e. The van der Waals surface area contributed by atoms with Crippen LogP contribution in [0.3, 0.4) is 0 Å². The topological polar surface area (TPSA) is 40.0 Å². The number of allylic oxidation sites excluding steroid dienone is 1. The zero-order chi connectivity index (χ0) is 20.5. The predicted molar refractivity (Wildman–Crippen MR) is 114 cm³/mol. The number of Topliss-reactive ketones (excluding diaryl/α,β-unsaturated/α-hetero) is 1. The van der Waals surface area contributed by atoms with E-state index in [2.05, 4.69) is 27.7 Å².